The van der Waals surface area contributed by atoms with Gasteiger partial charge in [-0.3, -0.25) is 9.69 Å². The van der Waals surface area contributed by atoms with E-state index in [1.54, 1.807) is 0 Å². The Morgan fingerprint density at radius 3 is 2.44 bits per heavy atom. The van der Waals surface area contributed by atoms with Crippen LogP contribution in [0.4, 0.5) is 33.6 Å². The molecule has 0 N–H and O–H groups in total. The number of hydrogen-bond acceptors (Lipinski definition) is 7. The molecule has 0 bridgehead atoms. The normalized spacial score (nSPS) is 18.1. The molecule has 0 aromatic carbocycles. The highest BCUT2D eigenvalue weighted by molar-refractivity contribution is 5.99. The molecular formula is C22H22F5N7O2. The van der Waals surface area contributed by atoms with Crippen molar-refractivity contribution in [2.75, 3.05) is 36.5 Å². The topological polar surface area (TPSA) is 89.3 Å². The number of piperidine rings is 1. The highest BCUT2D eigenvalue weighted by Crippen LogP contribution is 2.44. The number of hydrogen-bond donors (Lipinski definition) is 0. The zero-order valence-electron chi connectivity index (χ0n) is 19.2. The molecule has 2 saturated heterocycles. The summed E-state index contributed by atoms with van der Waals surface area (Å²) in [7, 11) is 1.25. The van der Waals surface area contributed by atoms with Gasteiger partial charge in [0.1, 0.15) is 29.4 Å². The summed E-state index contributed by atoms with van der Waals surface area (Å²) in [6.45, 7) is 0.544. The summed E-state index contributed by atoms with van der Waals surface area (Å²) in [5.41, 5.74) is -1.20. The van der Waals surface area contributed by atoms with Crippen LogP contribution in [-0.2, 0) is 17.5 Å². The molecule has 0 aliphatic carbocycles. The van der Waals surface area contributed by atoms with Gasteiger partial charge in [-0.25, -0.2) is 28.4 Å². The van der Waals surface area contributed by atoms with Crippen LogP contribution in [0.25, 0.3) is 11.2 Å². The molecule has 36 heavy (non-hydrogen) atoms. The van der Waals surface area contributed by atoms with E-state index in [0.29, 0.717) is 43.7 Å². The molecule has 0 radical (unpaired) electrons. The number of alkyl halides is 5. The summed E-state index contributed by atoms with van der Waals surface area (Å²) in [5, 5.41) is 3.92. The first kappa shape index (κ1) is 24.1. The second kappa shape index (κ2) is 8.82. The number of anilines is 2. The first-order valence-electron chi connectivity index (χ1n) is 11.3. The number of halogens is 5. The Hall–Kier alpha value is -3.58. The Morgan fingerprint density at radius 1 is 1.06 bits per heavy atom. The summed E-state index contributed by atoms with van der Waals surface area (Å²) in [4.78, 5) is 29.0. The van der Waals surface area contributed by atoms with Crippen molar-refractivity contribution in [2.24, 2.45) is 5.41 Å². The molecule has 3 aromatic heterocycles. The molecular weight excluding hydrogens is 489 g/mol. The van der Waals surface area contributed by atoms with Crippen molar-refractivity contribution in [3.8, 4) is 5.75 Å². The second-order valence-corrected chi connectivity index (χ2v) is 8.88. The maximum absolute atomic E-state index is 13.4. The van der Waals surface area contributed by atoms with Crippen LogP contribution >= 0.6 is 0 Å². The molecule has 1 amide bonds. The van der Waals surface area contributed by atoms with E-state index in [1.165, 1.54) is 30.5 Å². The van der Waals surface area contributed by atoms with Gasteiger partial charge in [-0.15, -0.1) is 0 Å². The van der Waals surface area contributed by atoms with Crippen molar-refractivity contribution in [1.82, 2.24) is 24.7 Å². The minimum Gasteiger partial charge on any atom is -0.497 e. The zero-order valence-corrected chi connectivity index (χ0v) is 19.2. The number of rotatable bonds is 5. The number of pyridine rings is 1. The number of amides is 1. The first-order chi connectivity index (χ1) is 17.1. The van der Waals surface area contributed by atoms with Gasteiger partial charge >= 0.3 is 6.18 Å². The van der Waals surface area contributed by atoms with Crippen LogP contribution in [0.3, 0.4) is 0 Å². The molecule has 5 rings (SSSR count). The molecule has 0 saturated carbocycles. The molecule has 14 heteroatoms. The van der Waals surface area contributed by atoms with Gasteiger partial charge in [0.2, 0.25) is 5.91 Å². The Bertz CT molecular complexity index is 1290. The highest BCUT2D eigenvalue weighted by atomic mass is 19.4. The lowest BCUT2D eigenvalue weighted by Gasteiger charge is -2.38. The van der Waals surface area contributed by atoms with E-state index < -0.39 is 30.3 Å². The number of nitrogens with zero attached hydrogens (tertiary/aromatic N) is 7. The Morgan fingerprint density at radius 2 is 1.78 bits per heavy atom. The average molecular weight is 511 g/mol. The molecule has 2 aliphatic rings. The van der Waals surface area contributed by atoms with Crippen LogP contribution in [0.1, 0.15) is 25.0 Å². The van der Waals surface area contributed by atoms with Crippen LogP contribution < -0.4 is 14.5 Å². The van der Waals surface area contributed by atoms with E-state index >= 15 is 0 Å². The van der Waals surface area contributed by atoms with Crippen molar-refractivity contribution < 1.29 is 31.5 Å². The third kappa shape index (κ3) is 4.28. The van der Waals surface area contributed by atoms with E-state index in [0.717, 1.165) is 10.7 Å². The molecule has 9 nitrogen and oxygen atoms in total. The van der Waals surface area contributed by atoms with Crippen molar-refractivity contribution in [1.29, 1.82) is 0 Å². The van der Waals surface area contributed by atoms with Gasteiger partial charge in [0.15, 0.2) is 11.3 Å². The second-order valence-electron chi connectivity index (χ2n) is 8.88. The molecule has 0 atom stereocenters. The van der Waals surface area contributed by atoms with Crippen LogP contribution in [0.5, 0.6) is 5.75 Å². The molecule has 0 unspecified atom stereocenters. The Kier molecular flexibility index (Phi) is 5.91. The monoisotopic (exact) mass is 511 g/mol. The number of ether oxygens (including phenoxy) is 1. The quantitative estimate of drug-likeness (QED) is 0.484. The number of carbonyl (C=O) groups excluding carboxylic acids is 1. The van der Waals surface area contributed by atoms with Crippen LogP contribution in [0.2, 0.25) is 0 Å². The third-order valence-corrected chi connectivity index (χ3v) is 6.79. The van der Waals surface area contributed by atoms with Gasteiger partial charge in [-0.05, 0) is 19.3 Å². The lowest BCUT2D eigenvalue weighted by molar-refractivity contribution is -0.141. The van der Waals surface area contributed by atoms with E-state index in [2.05, 4.69) is 20.1 Å². The van der Waals surface area contributed by atoms with Gasteiger partial charge in [-0.1, -0.05) is 0 Å². The summed E-state index contributed by atoms with van der Waals surface area (Å²) in [6.07, 6.45) is -2.97. The Labute approximate surface area is 201 Å². The zero-order chi connectivity index (χ0) is 25.7. The number of methoxy groups -OCH3 is 1. The summed E-state index contributed by atoms with van der Waals surface area (Å²) in [6, 6.07) is 2.12. The van der Waals surface area contributed by atoms with Crippen LogP contribution in [0, 0.1) is 5.41 Å². The van der Waals surface area contributed by atoms with E-state index in [1.807, 2.05) is 4.90 Å². The minimum absolute atomic E-state index is 0.0315. The lowest BCUT2D eigenvalue weighted by Crippen LogP contribution is -2.45. The summed E-state index contributed by atoms with van der Waals surface area (Å²) >= 11 is 0. The van der Waals surface area contributed by atoms with Gasteiger partial charge in [-0.2, -0.15) is 18.3 Å². The fourth-order valence-corrected chi connectivity index (χ4v) is 4.82. The van der Waals surface area contributed by atoms with Crippen LogP contribution in [-0.4, -0.2) is 63.8 Å². The fourth-order valence-electron chi connectivity index (χ4n) is 4.82. The van der Waals surface area contributed by atoms with Crippen molar-refractivity contribution in [2.45, 2.75) is 38.4 Å². The molecule has 192 valence electrons. The standard InChI is InChI=1S/C22H22F5N7O2/c1-36-13-8-15(22(25,26)27)30-17(9-13)33-7-4-21(20(33)35)2-5-32(6-3-21)18-11-28-14-10-29-34(12-16(23)24)19(14)31-18/h8-11,16H,2-7,12H2,1H3. The van der Waals surface area contributed by atoms with E-state index in [4.69, 9.17) is 4.74 Å². The minimum atomic E-state index is -4.68. The summed E-state index contributed by atoms with van der Waals surface area (Å²) < 4.78 is 71.7. The number of carbonyl (C=O) groups is 1. The number of fused-ring (bicyclic) bond motifs is 1. The van der Waals surface area contributed by atoms with Gasteiger partial charge in [0.05, 0.1) is 24.9 Å². The average Bonchev–Trinajstić information content (AvgIpc) is 3.39. The predicted octanol–water partition coefficient (Wildman–Crippen LogP) is 3.54. The lowest BCUT2D eigenvalue weighted by atomic mass is 9.77. The molecule has 5 heterocycles. The third-order valence-electron chi connectivity index (χ3n) is 6.79. The van der Waals surface area contributed by atoms with E-state index in [-0.39, 0.29) is 29.7 Å². The van der Waals surface area contributed by atoms with Crippen molar-refractivity contribution >= 4 is 28.7 Å². The van der Waals surface area contributed by atoms with Gasteiger partial charge in [0.25, 0.3) is 6.43 Å². The fraction of sp³-hybridized carbons (Fsp3) is 0.500. The van der Waals surface area contributed by atoms with Crippen molar-refractivity contribution in [3.05, 3.63) is 30.2 Å². The summed E-state index contributed by atoms with van der Waals surface area (Å²) in [5.74, 6) is 0.0954. The maximum atomic E-state index is 13.4. The largest absolute Gasteiger partial charge is 0.497 e. The highest BCUT2D eigenvalue weighted by Gasteiger charge is 2.49. The van der Waals surface area contributed by atoms with Gasteiger partial charge in [0, 0.05) is 31.8 Å². The maximum Gasteiger partial charge on any atom is 0.433 e. The smallest absolute Gasteiger partial charge is 0.433 e. The Balaban J connectivity index is 1.33. The van der Waals surface area contributed by atoms with Crippen LogP contribution in [0.15, 0.2) is 24.5 Å². The predicted molar refractivity (Wildman–Crippen MR) is 118 cm³/mol. The molecule has 3 aromatic rings. The van der Waals surface area contributed by atoms with Gasteiger partial charge < -0.3 is 9.64 Å². The SMILES string of the molecule is COc1cc(N2CCC3(CCN(c4cnc5cnn(CC(F)F)c5n4)CC3)C2=O)nc(C(F)(F)F)c1. The molecule has 2 fully saturated rings. The first-order valence-corrected chi connectivity index (χ1v) is 11.3. The van der Waals surface area contributed by atoms with E-state index in [9.17, 15) is 26.7 Å². The number of aromatic nitrogens is 5. The molecule has 2 aliphatic heterocycles. The van der Waals surface area contributed by atoms with Crippen molar-refractivity contribution in [3.63, 3.8) is 0 Å². The molecule has 1 spiro atoms.